The zero-order valence-electron chi connectivity index (χ0n) is 8.63. The van der Waals surface area contributed by atoms with Gasteiger partial charge >= 0.3 is 0 Å². The second-order valence-electron chi connectivity index (χ2n) is 3.75. The number of aldehydes is 1. The fourth-order valence-corrected chi connectivity index (χ4v) is 1.79. The predicted octanol–water partition coefficient (Wildman–Crippen LogP) is 1.78. The zero-order valence-corrected chi connectivity index (χ0v) is 8.63. The van der Waals surface area contributed by atoms with E-state index in [0.29, 0.717) is 6.61 Å². The van der Waals surface area contributed by atoms with Gasteiger partial charge in [0.05, 0.1) is 12.6 Å². The second kappa shape index (κ2) is 5.05. The summed E-state index contributed by atoms with van der Waals surface area (Å²) in [5.74, 6) is 0. The Morgan fingerprint density at radius 3 is 2.93 bits per heavy atom. The molecule has 2 rings (SSSR count). The first-order valence-electron chi connectivity index (χ1n) is 5.29. The normalized spacial score (nSPS) is 21.7. The summed E-state index contributed by atoms with van der Waals surface area (Å²) in [5, 5.41) is 1.79. The van der Waals surface area contributed by atoms with Gasteiger partial charge in [0.15, 0.2) is 0 Å². The van der Waals surface area contributed by atoms with E-state index in [2.05, 4.69) is 0 Å². The molecule has 1 atom stereocenters. The van der Waals surface area contributed by atoms with Gasteiger partial charge in [-0.3, -0.25) is 4.84 Å². The number of rotatable bonds is 4. The van der Waals surface area contributed by atoms with Gasteiger partial charge in [-0.15, -0.1) is 0 Å². The molecule has 0 radical (unpaired) electrons. The van der Waals surface area contributed by atoms with Gasteiger partial charge in [-0.25, -0.2) is 0 Å². The molecule has 1 unspecified atom stereocenters. The van der Waals surface area contributed by atoms with Crippen molar-refractivity contribution in [3.63, 3.8) is 0 Å². The first kappa shape index (κ1) is 10.3. The largest absolute Gasteiger partial charge is 0.302 e. The fourth-order valence-electron chi connectivity index (χ4n) is 1.79. The number of hydrogen-bond acceptors (Lipinski definition) is 3. The molecular formula is C12H15NO2. The van der Waals surface area contributed by atoms with Crippen molar-refractivity contribution in [1.82, 2.24) is 5.06 Å². The van der Waals surface area contributed by atoms with Gasteiger partial charge in [0.2, 0.25) is 0 Å². The van der Waals surface area contributed by atoms with Crippen LogP contribution in [-0.4, -0.2) is 23.9 Å². The Labute approximate surface area is 89.6 Å². The minimum atomic E-state index is -0.0475. The molecule has 80 valence electrons. The van der Waals surface area contributed by atoms with Gasteiger partial charge in [-0.1, -0.05) is 30.3 Å². The number of carbonyl (C=O) groups is 1. The summed E-state index contributed by atoms with van der Waals surface area (Å²) >= 11 is 0. The molecule has 3 heteroatoms. The average Bonchev–Trinajstić information content (AvgIpc) is 2.75. The van der Waals surface area contributed by atoms with E-state index in [4.69, 9.17) is 4.84 Å². The Bertz CT molecular complexity index is 313. The standard InChI is InChI=1S/C12H15NO2/c14-9-12-7-4-8-13(12)15-10-11-5-2-1-3-6-11/h1-3,5-6,9,12H,4,7-8,10H2. The lowest BCUT2D eigenvalue weighted by Gasteiger charge is -2.19. The van der Waals surface area contributed by atoms with Gasteiger partial charge < -0.3 is 4.79 Å². The van der Waals surface area contributed by atoms with E-state index in [0.717, 1.165) is 31.2 Å². The van der Waals surface area contributed by atoms with Crippen molar-refractivity contribution in [2.75, 3.05) is 6.54 Å². The van der Waals surface area contributed by atoms with E-state index in [1.165, 1.54) is 0 Å². The summed E-state index contributed by atoms with van der Waals surface area (Å²) in [4.78, 5) is 16.3. The smallest absolute Gasteiger partial charge is 0.139 e. The van der Waals surface area contributed by atoms with E-state index in [1.807, 2.05) is 30.3 Å². The lowest BCUT2D eigenvalue weighted by molar-refractivity contribution is -0.178. The summed E-state index contributed by atoms with van der Waals surface area (Å²) in [5.41, 5.74) is 1.13. The van der Waals surface area contributed by atoms with Crippen LogP contribution in [0.1, 0.15) is 18.4 Å². The Balaban J connectivity index is 1.85. The van der Waals surface area contributed by atoms with Gasteiger partial charge in [-0.05, 0) is 18.4 Å². The molecule has 3 nitrogen and oxygen atoms in total. The summed E-state index contributed by atoms with van der Waals surface area (Å²) in [6.07, 6.45) is 2.93. The molecule has 1 aliphatic heterocycles. The van der Waals surface area contributed by atoms with Crippen molar-refractivity contribution >= 4 is 6.29 Å². The molecule has 0 amide bonds. The van der Waals surface area contributed by atoms with Crippen LogP contribution >= 0.6 is 0 Å². The Kier molecular flexibility index (Phi) is 3.48. The quantitative estimate of drug-likeness (QED) is 0.702. The summed E-state index contributed by atoms with van der Waals surface area (Å²) < 4.78 is 0. The van der Waals surface area contributed by atoms with Gasteiger partial charge in [0.25, 0.3) is 0 Å². The van der Waals surface area contributed by atoms with Crippen LogP contribution < -0.4 is 0 Å². The van der Waals surface area contributed by atoms with Gasteiger partial charge in [0, 0.05) is 6.54 Å². The summed E-state index contributed by atoms with van der Waals surface area (Å²) in [6.45, 7) is 1.40. The van der Waals surface area contributed by atoms with Crippen molar-refractivity contribution in [1.29, 1.82) is 0 Å². The van der Waals surface area contributed by atoms with Crippen molar-refractivity contribution in [2.24, 2.45) is 0 Å². The van der Waals surface area contributed by atoms with Crippen LogP contribution in [0, 0.1) is 0 Å². The van der Waals surface area contributed by atoms with Gasteiger partial charge in [0.1, 0.15) is 6.29 Å². The minimum Gasteiger partial charge on any atom is -0.302 e. The third-order valence-corrected chi connectivity index (χ3v) is 2.65. The van der Waals surface area contributed by atoms with Crippen molar-refractivity contribution in [3.8, 4) is 0 Å². The lowest BCUT2D eigenvalue weighted by Crippen LogP contribution is -2.30. The Morgan fingerprint density at radius 2 is 2.20 bits per heavy atom. The molecule has 1 aliphatic rings. The van der Waals surface area contributed by atoms with Crippen LogP contribution in [0.3, 0.4) is 0 Å². The zero-order chi connectivity index (χ0) is 10.5. The van der Waals surface area contributed by atoms with Crippen molar-refractivity contribution in [3.05, 3.63) is 35.9 Å². The molecule has 0 saturated carbocycles. The lowest BCUT2D eigenvalue weighted by atomic mass is 10.2. The maximum absolute atomic E-state index is 10.7. The van der Waals surface area contributed by atoms with Crippen molar-refractivity contribution < 1.29 is 9.63 Å². The molecule has 1 aromatic carbocycles. The molecule has 15 heavy (non-hydrogen) atoms. The Hall–Kier alpha value is -1.19. The van der Waals surface area contributed by atoms with E-state index < -0.39 is 0 Å². The number of hydroxylamine groups is 2. The summed E-state index contributed by atoms with van der Waals surface area (Å²) in [6, 6.07) is 9.94. The SMILES string of the molecule is O=CC1CCCN1OCc1ccccc1. The maximum atomic E-state index is 10.7. The number of carbonyl (C=O) groups excluding carboxylic acids is 1. The summed E-state index contributed by atoms with van der Waals surface area (Å²) in [7, 11) is 0. The van der Waals surface area contributed by atoms with Gasteiger partial charge in [-0.2, -0.15) is 5.06 Å². The first-order chi connectivity index (χ1) is 7.40. The second-order valence-corrected chi connectivity index (χ2v) is 3.75. The average molecular weight is 205 g/mol. The van der Waals surface area contributed by atoms with Crippen LogP contribution in [0.2, 0.25) is 0 Å². The molecular weight excluding hydrogens is 190 g/mol. The van der Waals surface area contributed by atoms with E-state index >= 15 is 0 Å². The fraction of sp³-hybridized carbons (Fsp3) is 0.417. The van der Waals surface area contributed by atoms with Crippen molar-refractivity contribution in [2.45, 2.75) is 25.5 Å². The van der Waals surface area contributed by atoms with E-state index in [1.54, 1.807) is 5.06 Å². The number of hydrogen-bond donors (Lipinski definition) is 0. The van der Waals surface area contributed by atoms with E-state index in [-0.39, 0.29) is 6.04 Å². The molecule has 1 aromatic rings. The van der Waals surface area contributed by atoms with Crippen LogP contribution in [0.15, 0.2) is 30.3 Å². The predicted molar refractivity (Wildman–Crippen MR) is 57.0 cm³/mol. The maximum Gasteiger partial charge on any atom is 0.139 e. The highest BCUT2D eigenvalue weighted by Gasteiger charge is 2.24. The molecule has 0 spiro atoms. The van der Waals surface area contributed by atoms with E-state index in [9.17, 15) is 4.79 Å². The number of nitrogens with zero attached hydrogens (tertiary/aromatic N) is 1. The third-order valence-electron chi connectivity index (χ3n) is 2.65. The minimum absolute atomic E-state index is 0.0475. The van der Waals surface area contributed by atoms with Crippen LogP contribution in [0.4, 0.5) is 0 Å². The molecule has 1 fully saturated rings. The van der Waals surface area contributed by atoms with Crippen LogP contribution in [0.25, 0.3) is 0 Å². The molecule has 1 heterocycles. The number of benzene rings is 1. The Morgan fingerprint density at radius 1 is 1.40 bits per heavy atom. The highest BCUT2D eigenvalue weighted by molar-refractivity contribution is 5.57. The first-order valence-corrected chi connectivity index (χ1v) is 5.29. The van der Waals surface area contributed by atoms with Crippen LogP contribution in [0.5, 0.6) is 0 Å². The third kappa shape index (κ3) is 2.64. The molecule has 0 aliphatic carbocycles. The van der Waals surface area contributed by atoms with Crippen LogP contribution in [-0.2, 0) is 16.2 Å². The molecule has 0 aromatic heterocycles. The molecule has 1 saturated heterocycles. The molecule has 0 bridgehead atoms. The molecule has 0 N–H and O–H groups in total. The highest BCUT2D eigenvalue weighted by atomic mass is 16.7. The monoisotopic (exact) mass is 205 g/mol. The topological polar surface area (TPSA) is 29.5 Å². The highest BCUT2D eigenvalue weighted by Crippen LogP contribution is 2.16.